The van der Waals surface area contributed by atoms with Gasteiger partial charge in [0.15, 0.2) is 11.5 Å². The molecule has 0 radical (unpaired) electrons. The number of benzene rings is 1. The zero-order valence-electron chi connectivity index (χ0n) is 14.9. The van der Waals surface area contributed by atoms with Crippen molar-refractivity contribution in [3.63, 3.8) is 0 Å². The highest BCUT2D eigenvalue weighted by atomic mass is 19.1. The first-order valence-electron chi connectivity index (χ1n) is 8.98. The van der Waals surface area contributed by atoms with Crippen LogP contribution >= 0.6 is 0 Å². The van der Waals surface area contributed by atoms with Crippen molar-refractivity contribution in [3.8, 4) is 0 Å². The van der Waals surface area contributed by atoms with Gasteiger partial charge in [0.1, 0.15) is 0 Å². The van der Waals surface area contributed by atoms with E-state index in [9.17, 15) is 14.5 Å². The van der Waals surface area contributed by atoms with Crippen molar-refractivity contribution in [1.29, 1.82) is 0 Å². The summed E-state index contributed by atoms with van der Waals surface area (Å²) in [4.78, 5) is 15.0. The van der Waals surface area contributed by atoms with Crippen molar-refractivity contribution in [2.45, 2.75) is 38.8 Å². The third-order valence-electron chi connectivity index (χ3n) is 5.41. The zero-order chi connectivity index (χ0) is 18.0. The molecule has 0 aliphatic carbocycles. The van der Waals surface area contributed by atoms with Crippen LogP contribution in [-0.2, 0) is 4.74 Å². The third-order valence-corrected chi connectivity index (χ3v) is 5.41. The van der Waals surface area contributed by atoms with Crippen molar-refractivity contribution >= 4 is 11.4 Å². The Labute approximate surface area is 147 Å². The Morgan fingerprint density at radius 3 is 2.48 bits per heavy atom. The van der Waals surface area contributed by atoms with Crippen LogP contribution in [0.15, 0.2) is 18.2 Å². The molecule has 2 heterocycles. The molecule has 1 aromatic rings. The predicted octanol–water partition coefficient (Wildman–Crippen LogP) is 3.06. The van der Waals surface area contributed by atoms with E-state index in [4.69, 9.17) is 4.74 Å². The number of hydrogen-bond donors (Lipinski definition) is 0. The van der Waals surface area contributed by atoms with Gasteiger partial charge >= 0.3 is 0 Å². The lowest BCUT2D eigenvalue weighted by atomic mass is 9.94. The number of ether oxygens (including phenoxy) is 1. The van der Waals surface area contributed by atoms with Gasteiger partial charge in [-0.15, -0.1) is 0 Å². The number of nitro benzene ring substituents is 1. The Hall–Kier alpha value is -1.73. The second-order valence-electron chi connectivity index (χ2n) is 7.23. The van der Waals surface area contributed by atoms with Gasteiger partial charge < -0.3 is 9.64 Å². The van der Waals surface area contributed by atoms with Crippen LogP contribution < -0.4 is 4.90 Å². The highest BCUT2D eigenvalue weighted by Gasteiger charge is 2.31. The Bertz CT molecular complexity index is 610. The molecule has 138 valence electrons. The van der Waals surface area contributed by atoms with Crippen LogP contribution in [0.5, 0.6) is 0 Å². The van der Waals surface area contributed by atoms with Crippen molar-refractivity contribution in [2.24, 2.45) is 5.92 Å². The zero-order valence-corrected chi connectivity index (χ0v) is 14.9. The molecule has 7 heteroatoms. The molecule has 2 atom stereocenters. The fourth-order valence-electron chi connectivity index (χ4n) is 4.00. The maximum Gasteiger partial charge on any atom is 0.295 e. The number of para-hydroxylation sites is 1. The molecule has 0 amide bonds. The number of piperidine rings is 1. The molecule has 2 aliphatic rings. The summed E-state index contributed by atoms with van der Waals surface area (Å²) in [5.74, 6) is 0.0214. The lowest BCUT2D eigenvalue weighted by Gasteiger charge is -2.42. The number of anilines is 1. The van der Waals surface area contributed by atoms with Crippen molar-refractivity contribution in [2.75, 3.05) is 37.7 Å². The molecule has 2 aliphatic heterocycles. The number of halogens is 1. The molecule has 3 rings (SSSR count). The molecule has 1 aromatic carbocycles. The average Bonchev–Trinajstić information content (AvgIpc) is 2.59. The maximum atomic E-state index is 14.2. The second-order valence-corrected chi connectivity index (χ2v) is 7.23. The van der Waals surface area contributed by atoms with Crippen molar-refractivity contribution in [3.05, 3.63) is 34.1 Å². The Balaban J connectivity index is 1.64. The smallest absolute Gasteiger partial charge is 0.295 e. The van der Waals surface area contributed by atoms with E-state index in [-0.39, 0.29) is 11.4 Å². The van der Waals surface area contributed by atoms with E-state index in [1.165, 1.54) is 18.2 Å². The minimum atomic E-state index is -0.511. The number of nitro groups is 1. The maximum absolute atomic E-state index is 14.2. The summed E-state index contributed by atoms with van der Waals surface area (Å²) in [6, 6.07) is 4.89. The summed E-state index contributed by atoms with van der Waals surface area (Å²) in [5, 5.41) is 11.2. The van der Waals surface area contributed by atoms with Gasteiger partial charge in [-0.05, 0) is 38.7 Å². The number of rotatable bonds is 4. The largest absolute Gasteiger partial charge is 0.378 e. The minimum absolute atomic E-state index is 0.138. The number of morpholine rings is 1. The van der Waals surface area contributed by atoms with Crippen LogP contribution in [0.25, 0.3) is 0 Å². The van der Waals surface area contributed by atoms with Crippen molar-refractivity contribution < 1.29 is 14.1 Å². The van der Waals surface area contributed by atoms with E-state index < -0.39 is 10.7 Å². The van der Waals surface area contributed by atoms with Gasteiger partial charge in [0, 0.05) is 37.8 Å². The predicted molar refractivity (Wildman–Crippen MR) is 94.4 cm³/mol. The summed E-state index contributed by atoms with van der Waals surface area (Å²) in [6.45, 7) is 8.23. The first kappa shape index (κ1) is 18.1. The van der Waals surface area contributed by atoms with E-state index in [1.807, 2.05) is 4.90 Å². The monoisotopic (exact) mass is 351 g/mol. The van der Waals surface area contributed by atoms with Crippen molar-refractivity contribution in [1.82, 2.24) is 4.90 Å². The van der Waals surface area contributed by atoms with Gasteiger partial charge in [0.2, 0.25) is 0 Å². The minimum Gasteiger partial charge on any atom is -0.378 e. The van der Waals surface area contributed by atoms with E-state index in [2.05, 4.69) is 18.7 Å². The normalized spacial score (nSPS) is 26.0. The van der Waals surface area contributed by atoms with Crippen LogP contribution in [0.2, 0.25) is 0 Å². The SMILES string of the molecule is CC1COCC(C)N1CC1CCN(c2c(F)cccc2[N+](=O)[O-])CC1. The standard InChI is InChI=1S/C18H26FN3O3/c1-13-11-25-12-14(2)21(13)10-15-6-8-20(9-7-15)18-16(19)4-3-5-17(18)22(23)24/h3-5,13-15H,6-12H2,1-2H3. The molecular weight excluding hydrogens is 325 g/mol. The highest BCUT2D eigenvalue weighted by molar-refractivity contribution is 5.64. The summed E-state index contributed by atoms with van der Waals surface area (Å²) >= 11 is 0. The molecule has 25 heavy (non-hydrogen) atoms. The Morgan fingerprint density at radius 1 is 1.24 bits per heavy atom. The summed E-state index contributed by atoms with van der Waals surface area (Å²) < 4.78 is 19.8. The first-order chi connectivity index (χ1) is 12.0. The molecule has 6 nitrogen and oxygen atoms in total. The van der Waals surface area contributed by atoms with E-state index in [0.29, 0.717) is 31.1 Å². The van der Waals surface area contributed by atoms with Crippen LogP contribution in [-0.4, -0.2) is 54.8 Å². The van der Waals surface area contributed by atoms with Gasteiger partial charge in [-0.1, -0.05) is 6.07 Å². The molecule has 0 saturated carbocycles. The third kappa shape index (κ3) is 3.93. The lowest BCUT2D eigenvalue weighted by Crippen LogP contribution is -2.52. The lowest BCUT2D eigenvalue weighted by molar-refractivity contribution is -0.384. The number of hydrogen-bond acceptors (Lipinski definition) is 5. The molecule has 2 saturated heterocycles. The molecule has 0 aromatic heterocycles. The Kier molecular flexibility index (Phi) is 5.54. The van der Waals surface area contributed by atoms with Crippen LogP contribution in [0.3, 0.4) is 0 Å². The summed E-state index contributed by atoms with van der Waals surface area (Å²) in [5.41, 5.74) is -0.00654. The molecular formula is C18H26FN3O3. The first-order valence-corrected chi connectivity index (χ1v) is 8.98. The molecule has 0 spiro atoms. The van der Waals surface area contributed by atoms with Gasteiger partial charge in [-0.25, -0.2) is 4.39 Å². The Morgan fingerprint density at radius 2 is 1.88 bits per heavy atom. The topological polar surface area (TPSA) is 58.8 Å². The van der Waals surface area contributed by atoms with Gasteiger partial charge in [-0.2, -0.15) is 0 Å². The highest BCUT2D eigenvalue weighted by Crippen LogP contribution is 2.34. The van der Waals surface area contributed by atoms with Gasteiger partial charge in [0.25, 0.3) is 5.69 Å². The summed E-state index contributed by atoms with van der Waals surface area (Å²) in [6.07, 6.45) is 1.84. The fourth-order valence-corrected chi connectivity index (χ4v) is 4.00. The fraction of sp³-hybridized carbons (Fsp3) is 0.667. The van der Waals surface area contributed by atoms with E-state index >= 15 is 0 Å². The van der Waals surface area contributed by atoms with Crippen LogP contribution in [0, 0.1) is 21.8 Å². The van der Waals surface area contributed by atoms with Crippen LogP contribution in [0.1, 0.15) is 26.7 Å². The molecule has 0 bridgehead atoms. The average molecular weight is 351 g/mol. The van der Waals surface area contributed by atoms with Gasteiger partial charge in [-0.3, -0.25) is 15.0 Å². The molecule has 2 unspecified atom stereocenters. The van der Waals surface area contributed by atoms with E-state index in [1.54, 1.807) is 0 Å². The quantitative estimate of drug-likeness (QED) is 0.616. The number of nitrogens with zero attached hydrogens (tertiary/aromatic N) is 3. The molecule has 0 N–H and O–H groups in total. The molecule has 2 fully saturated rings. The van der Waals surface area contributed by atoms with E-state index in [0.717, 1.165) is 32.6 Å². The van der Waals surface area contributed by atoms with Crippen LogP contribution in [0.4, 0.5) is 15.8 Å². The second kappa shape index (κ2) is 7.66. The van der Waals surface area contributed by atoms with Gasteiger partial charge in [0.05, 0.1) is 18.1 Å². The summed E-state index contributed by atoms with van der Waals surface area (Å²) in [7, 11) is 0.